The first-order valence-corrected chi connectivity index (χ1v) is 10.9. The molecule has 2 amide bonds. The van der Waals surface area contributed by atoms with E-state index in [4.69, 9.17) is 9.47 Å². The van der Waals surface area contributed by atoms with Gasteiger partial charge in [-0.05, 0) is 38.1 Å². The number of likely N-dealkylation sites (N-methyl/N-ethyl adjacent to an activating group) is 1. The third-order valence-corrected chi connectivity index (χ3v) is 6.15. The molecule has 0 bridgehead atoms. The van der Waals surface area contributed by atoms with E-state index in [-0.39, 0.29) is 18.6 Å². The summed E-state index contributed by atoms with van der Waals surface area (Å²) >= 11 is 0. The number of nitrogens with one attached hydrogen (secondary N) is 1. The van der Waals surface area contributed by atoms with E-state index >= 15 is 0 Å². The number of hydrogen-bond donors (Lipinski definition) is 1. The fraction of sp³-hybridized carbons (Fsp3) is 0.636. The first-order valence-electron chi connectivity index (χ1n) is 10.9. The Bertz CT molecular complexity index is 688. The minimum atomic E-state index is -0.592. The Balaban J connectivity index is 1.42. The van der Waals surface area contributed by atoms with Crippen LogP contribution >= 0.6 is 0 Å². The van der Waals surface area contributed by atoms with Gasteiger partial charge in [-0.1, -0.05) is 32.0 Å². The number of piperidine rings is 1. The maximum absolute atomic E-state index is 12.7. The topological polar surface area (TPSA) is 74.3 Å². The molecule has 8 nitrogen and oxygen atoms in total. The molecule has 8 heteroatoms. The van der Waals surface area contributed by atoms with Gasteiger partial charge in [-0.15, -0.1) is 0 Å². The van der Waals surface area contributed by atoms with Gasteiger partial charge >= 0.3 is 6.09 Å². The van der Waals surface area contributed by atoms with Gasteiger partial charge in [-0.25, -0.2) is 4.79 Å². The van der Waals surface area contributed by atoms with Gasteiger partial charge in [0.15, 0.2) is 0 Å². The van der Waals surface area contributed by atoms with E-state index < -0.39 is 5.54 Å². The third-order valence-electron chi connectivity index (χ3n) is 6.15. The molecular formula is C22H34N4O4. The largest absolute Gasteiger partial charge is 0.447 e. The molecule has 2 aliphatic rings. The molecular weight excluding hydrogens is 384 g/mol. The highest BCUT2D eigenvalue weighted by molar-refractivity contribution is 5.93. The molecule has 0 aromatic heterocycles. The fourth-order valence-electron chi connectivity index (χ4n) is 4.21. The van der Waals surface area contributed by atoms with Gasteiger partial charge < -0.3 is 29.5 Å². The lowest BCUT2D eigenvalue weighted by molar-refractivity contribution is -0.125. The summed E-state index contributed by atoms with van der Waals surface area (Å²) in [4.78, 5) is 31.2. The zero-order chi connectivity index (χ0) is 21.4. The van der Waals surface area contributed by atoms with Crippen LogP contribution in [0, 0.1) is 0 Å². The Kier molecular flexibility index (Phi) is 7.93. The molecule has 0 saturated carbocycles. The van der Waals surface area contributed by atoms with Crippen LogP contribution in [-0.4, -0.2) is 86.6 Å². The van der Waals surface area contributed by atoms with Crippen molar-refractivity contribution in [3.63, 3.8) is 0 Å². The van der Waals surface area contributed by atoms with Crippen LogP contribution in [0.3, 0.4) is 0 Å². The SMILES string of the molecule is CCN(CC)CCOCCOC(=O)N1CCC2(CC1)C(=O)NCN2c1ccccc1. The number of amides is 2. The monoisotopic (exact) mass is 418 g/mol. The highest BCUT2D eigenvalue weighted by atomic mass is 16.6. The molecule has 30 heavy (non-hydrogen) atoms. The predicted molar refractivity (Wildman–Crippen MR) is 115 cm³/mol. The molecule has 1 spiro atoms. The number of likely N-dealkylation sites (tertiary alicyclic amines) is 1. The van der Waals surface area contributed by atoms with Crippen LogP contribution < -0.4 is 10.2 Å². The van der Waals surface area contributed by atoms with Crippen molar-refractivity contribution >= 4 is 17.7 Å². The van der Waals surface area contributed by atoms with Crippen molar-refractivity contribution in [2.24, 2.45) is 0 Å². The summed E-state index contributed by atoms with van der Waals surface area (Å²) in [7, 11) is 0. The Labute approximate surface area is 179 Å². The number of carbonyl (C=O) groups excluding carboxylic acids is 2. The van der Waals surface area contributed by atoms with Crippen LogP contribution in [0.4, 0.5) is 10.5 Å². The highest BCUT2D eigenvalue weighted by Crippen LogP contribution is 2.36. The second-order valence-corrected chi connectivity index (χ2v) is 7.70. The van der Waals surface area contributed by atoms with Crippen LogP contribution in [0.25, 0.3) is 0 Å². The zero-order valence-electron chi connectivity index (χ0n) is 18.1. The number of hydrogen-bond acceptors (Lipinski definition) is 6. The first-order chi connectivity index (χ1) is 14.6. The summed E-state index contributed by atoms with van der Waals surface area (Å²) in [6.45, 7) is 9.92. The van der Waals surface area contributed by atoms with Gasteiger partial charge in [0.1, 0.15) is 12.1 Å². The van der Waals surface area contributed by atoms with E-state index in [1.54, 1.807) is 4.90 Å². The molecule has 0 atom stereocenters. The average molecular weight is 419 g/mol. The van der Waals surface area contributed by atoms with Crippen LogP contribution in [0.2, 0.25) is 0 Å². The van der Waals surface area contributed by atoms with Crippen molar-refractivity contribution in [1.29, 1.82) is 0 Å². The molecule has 1 N–H and O–H groups in total. The number of anilines is 1. The summed E-state index contributed by atoms with van der Waals surface area (Å²) in [5, 5.41) is 2.98. The molecule has 0 aliphatic carbocycles. The number of benzene rings is 1. The smallest absolute Gasteiger partial charge is 0.409 e. The number of rotatable bonds is 9. The first kappa shape index (κ1) is 22.4. The van der Waals surface area contributed by atoms with E-state index in [0.29, 0.717) is 45.8 Å². The standard InChI is InChI=1S/C22H34N4O4/c1-3-24(4-2)14-15-29-16-17-30-21(28)25-12-10-22(11-13-25)20(27)23-18-26(22)19-8-6-5-7-9-19/h5-9H,3-4,10-18H2,1-2H3,(H,23,27). The van der Waals surface area contributed by atoms with Crippen LogP contribution in [0.5, 0.6) is 0 Å². The maximum atomic E-state index is 12.7. The summed E-state index contributed by atoms with van der Waals surface area (Å²) in [5.74, 6) is 0.0426. The highest BCUT2D eigenvalue weighted by Gasteiger charge is 2.50. The lowest BCUT2D eigenvalue weighted by atomic mass is 9.86. The van der Waals surface area contributed by atoms with E-state index in [1.165, 1.54) is 0 Å². The number of carbonyl (C=O) groups is 2. The summed E-state index contributed by atoms with van der Waals surface area (Å²) in [6.07, 6.45) is 0.841. The quantitative estimate of drug-likeness (QED) is 0.618. The second-order valence-electron chi connectivity index (χ2n) is 7.70. The molecule has 1 aromatic rings. The molecule has 0 radical (unpaired) electrons. The zero-order valence-corrected chi connectivity index (χ0v) is 18.1. The summed E-state index contributed by atoms with van der Waals surface area (Å²) < 4.78 is 10.9. The van der Waals surface area contributed by atoms with Crippen molar-refractivity contribution in [3.8, 4) is 0 Å². The minimum Gasteiger partial charge on any atom is -0.447 e. The minimum absolute atomic E-state index is 0.0426. The van der Waals surface area contributed by atoms with Gasteiger partial charge in [0.2, 0.25) is 5.91 Å². The summed E-state index contributed by atoms with van der Waals surface area (Å²) in [5.41, 5.74) is 0.430. The van der Waals surface area contributed by atoms with E-state index in [0.717, 1.165) is 25.3 Å². The number of para-hydroxylation sites is 1. The average Bonchev–Trinajstić information content (AvgIpc) is 3.09. The molecule has 166 valence electrons. The maximum Gasteiger partial charge on any atom is 0.409 e. The molecule has 0 unspecified atom stereocenters. The number of ether oxygens (including phenoxy) is 2. The second kappa shape index (κ2) is 10.6. The Morgan fingerprint density at radius 1 is 1.10 bits per heavy atom. The molecule has 2 heterocycles. The predicted octanol–water partition coefficient (Wildman–Crippen LogP) is 1.91. The summed E-state index contributed by atoms with van der Waals surface area (Å²) in [6, 6.07) is 9.95. The van der Waals surface area contributed by atoms with E-state index in [1.807, 2.05) is 30.3 Å². The van der Waals surface area contributed by atoms with Crippen LogP contribution in [-0.2, 0) is 14.3 Å². The van der Waals surface area contributed by atoms with Crippen molar-refractivity contribution in [3.05, 3.63) is 30.3 Å². The normalized spacial score (nSPS) is 18.2. The van der Waals surface area contributed by atoms with Crippen LogP contribution in [0.15, 0.2) is 30.3 Å². The Hall–Kier alpha value is -2.32. The van der Waals surface area contributed by atoms with Gasteiger partial charge in [0.05, 0.1) is 19.9 Å². The van der Waals surface area contributed by atoms with Gasteiger partial charge in [0, 0.05) is 25.3 Å². The van der Waals surface area contributed by atoms with Gasteiger partial charge in [-0.2, -0.15) is 0 Å². The molecule has 1 aromatic carbocycles. The number of nitrogens with zero attached hydrogens (tertiary/aromatic N) is 3. The van der Waals surface area contributed by atoms with Gasteiger partial charge in [0.25, 0.3) is 0 Å². The Morgan fingerprint density at radius 3 is 2.47 bits per heavy atom. The van der Waals surface area contributed by atoms with Crippen LogP contribution in [0.1, 0.15) is 26.7 Å². The van der Waals surface area contributed by atoms with Crippen molar-refractivity contribution in [2.75, 3.05) is 64.1 Å². The third kappa shape index (κ3) is 5.05. The molecule has 3 rings (SSSR count). The van der Waals surface area contributed by atoms with E-state index in [9.17, 15) is 9.59 Å². The lowest BCUT2D eigenvalue weighted by Crippen LogP contribution is -2.57. The van der Waals surface area contributed by atoms with Gasteiger partial charge in [-0.3, -0.25) is 4.79 Å². The molecule has 2 aliphatic heterocycles. The lowest BCUT2D eigenvalue weighted by Gasteiger charge is -2.42. The molecule has 2 saturated heterocycles. The van der Waals surface area contributed by atoms with E-state index in [2.05, 4.69) is 29.0 Å². The fourth-order valence-corrected chi connectivity index (χ4v) is 4.21. The van der Waals surface area contributed by atoms with Crippen molar-refractivity contribution < 1.29 is 19.1 Å². The Morgan fingerprint density at radius 2 is 1.80 bits per heavy atom. The van der Waals surface area contributed by atoms with Crippen molar-refractivity contribution in [2.45, 2.75) is 32.2 Å². The molecule has 2 fully saturated rings. The van der Waals surface area contributed by atoms with Crippen molar-refractivity contribution in [1.82, 2.24) is 15.1 Å².